The van der Waals surface area contributed by atoms with Crippen molar-refractivity contribution in [3.8, 4) is 11.4 Å². The van der Waals surface area contributed by atoms with E-state index in [0.717, 1.165) is 47.1 Å². The lowest BCUT2D eigenvalue weighted by Gasteiger charge is -2.15. The van der Waals surface area contributed by atoms with Crippen LogP contribution in [0.3, 0.4) is 0 Å². The zero-order valence-electron chi connectivity index (χ0n) is 17.5. The molecule has 0 bridgehead atoms. The minimum absolute atomic E-state index is 0. The van der Waals surface area contributed by atoms with Gasteiger partial charge in [0.15, 0.2) is 11.5 Å². The average Bonchev–Trinajstić information content (AvgIpc) is 3.24. The summed E-state index contributed by atoms with van der Waals surface area (Å²) < 4.78 is 3.93. The van der Waals surface area contributed by atoms with Gasteiger partial charge < -0.3 is 9.72 Å². The second-order valence-electron chi connectivity index (χ2n) is 7.25. The second-order valence-corrected chi connectivity index (χ2v) is 7.25. The summed E-state index contributed by atoms with van der Waals surface area (Å²) in [6.07, 6.45) is 4.69. The quantitative estimate of drug-likeness (QED) is 0.520. The molecule has 152 valence electrons. The molecule has 0 aliphatic carbocycles. The molecule has 0 unspecified atom stereocenters. The molecule has 6 nitrogen and oxygen atoms in total. The zero-order valence-corrected chi connectivity index (χ0v) is 18.3. The highest BCUT2D eigenvalue weighted by atomic mass is 35.5. The van der Waals surface area contributed by atoms with Crippen LogP contribution < -0.4 is 5.32 Å². The van der Waals surface area contributed by atoms with Crippen molar-refractivity contribution < 1.29 is 0 Å². The summed E-state index contributed by atoms with van der Waals surface area (Å²) in [6, 6.07) is 8.63. The van der Waals surface area contributed by atoms with Crippen molar-refractivity contribution in [1.29, 1.82) is 0 Å². The van der Waals surface area contributed by atoms with Crippen LogP contribution in [0, 0.1) is 20.8 Å². The monoisotopic (exact) mass is 410 g/mol. The molecule has 3 heterocycles. The molecular weight excluding hydrogens is 384 g/mol. The van der Waals surface area contributed by atoms with Crippen molar-refractivity contribution in [2.24, 2.45) is 7.05 Å². The number of benzene rings is 1. The Morgan fingerprint density at radius 2 is 1.93 bits per heavy atom. The first-order valence-electron chi connectivity index (χ1n) is 9.64. The number of nitrogens with one attached hydrogen (secondary N) is 1. The van der Waals surface area contributed by atoms with Crippen LogP contribution in [0.5, 0.6) is 0 Å². The highest BCUT2D eigenvalue weighted by molar-refractivity contribution is 5.85. The summed E-state index contributed by atoms with van der Waals surface area (Å²) in [5, 5.41) is 7.86. The molecule has 0 fully saturated rings. The Balaban J connectivity index is 0.00000240. The van der Waals surface area contributed by atoms with Crippen LogP contribution in [-0.4, -0.2) is 24.1 Å². The lowest BCUT2D eigenvalue weighted by molar-refractivity contribution is 0.774. The topological polar surface area (TPSA) is 60.0 Å². The summed E-state index contributed by atoms with van der Waals surface area (Å²) in [4.78, 5) is 9.21. The predicted octanol–water partition coefficient (Wildman–Crippen LogP) is 4.65. The molecule has 7 heteroatoms. The molecule has 1 aromatic carbocycles. The highest BCUT2D eigenvalue weighted by Gasteiger charge is 2.15. The van der Waals surface area contributed by atoms with Gasteiger partial charge in [-0.15, -0.1) is 12.4 Å². The maximum Gasteiger partial charge on any atom is 0.160 e. The number of imidazole rings is 1. The minimum atomic E-state index is 0. The van der Waals surface area contributed by atoms with Gasteiger partial charge in [0.05, 0.1) is 11.4 Å². The standard InChI is InChI=1S/C22H26N6.ClH/c1-6-17-9-7-8-14(2)19(17)11-23-20-10-18(21-24-13-25-27(21)5)12-28-16(4)15(3)26-22(20)28;/h7-10,12-13,23H,6,11H2,1-5H3;1H. The Morgan fingerprint density at radius 3 is 2.62 bits per heavy atom. The van der Waals surface area contributed by atoms with Crippen molar-refractivity contribution >= 4 is 23.7 Å². The average molecular weight is 411 g/mol. The molecule has 1 N–H and O–H groups in total. The molecule has 0 aliphatic rings. The summed E-state index contributed by atoms with van der Waals surface area (Å²) in [6.45, 7) is 9.28. The number of rotatable bonds is 5. The van der Waals surface area contributed by atoms with E-state index in [-0.39, 0.29) is 12.4 Å². The van der Waals surface area contributed by atoms with E-state index >= 15 is 0 Å². The summed E-state index contributed by atoms with van der Waals surface area (Å²) in [5.41, 5.74) is 9.15. The highest BCUT2D eigenvalue weighted by Crippen LogP contribution is 2.27. The SMILES string of the molecule is CCc1cccc(C)c1CNc1cc(-c2ncnn2C)cn2c(C)c(C)nc12.Cl. The maximum atomic E-state index is 4.79. The third-order valence-corrected chi connectivity index (χ3v) is 5.51. The van der Waals surface area contributed by atoms with Crippen molar-refractivity contribution in [3.63, 3.8) is 0 Å². The minimum Gasteiger partial charge on any atom is -0.378 e. The van der Waals surface area contributed by atoms with E-state index in [9.17, 15) is 0 Å². The Labute approximate surface area is 177 Å². The number of hydrogen-bond acceptors (Lipinski definition) is 4. The molecule has 0 amide bonds. The molecule has 4 rings (SSSR count). The number of hydrogen-bond donors (Lipinski definition) is 1. The van der Waals surface area contributed by atoms with E-state index in [4.69, 9.17) is 4.98 Å². The molecule has 0 spiro atoms. The van der Waals surface area contributed by atoms with Crippen LogP contribution in [0.25, 0.3) is 17.0 Å². The van der Waals surface area contributed by atoms with E-state index in [1.807, 2.05) is 14.0 Å². The van der Waals surface area contributed by atoms with Gasteiger partial charge in [-0.05, 0) is 49.9 Å². The summed E-state index contributed by atoms with van der Waals surface area (Å²) in [5.74, 6) is 0.834. The first-order valence-corrected chi connectivity index (χ1v) is 9.64. The first kappa shape index (κ1) is 20.9. The van der Waals surface area contributed by atoms with Gasteiger partial charge in [0.2, 0.25) is 0 Å². The number of pyridine rings is 1. The summed E-state index contributed by atoms with van der Waals surface area (Å²) in [7, 11) is 1.91. The van der Waals surface area contributed by atoms with E-state index < -0.39 is 0 Å². The van der Waals surface area contributed by atoms with Crippen LogP contribution in [0.2, 0.25) is 0 Å². The lowest BCUT2D eigenvalue weighted by atomic mass is 10.00. The fraction of sp³-hybridized carbons (Fsp3) is 0.318. The van der Waals surface area contributed by atoms with Crippen molar-refractivity contribution in [3.05, 3.63) is 64.9 Å². The number of nitrogens with zero attached hydrogens (tertiary/aromatic N) is 5. The van der Waals surface area contributed by atoms with Gasteiger partial charge in [0.1, 0.15) is 6.33 Å². The fourth-order valence-corrected chi connectivity index (χ4v) is 3.71. The fourth-order valence-electron chi connectivity index (χ4n) is 3.71. The molecule has 0 aliphatic heterocycles. The van der Waals surface area contributed by atoms with E-state index in [0.29, 0.717) is 0 Å². The van der Waals surface area contributed by atoms with Gasteiger partial charge in [0, 0.05) is 31.0 Å². The maximum absolute atomic E-state index is 4.79. The van der Waals surface area contributed by atoms with Gasteiger partial charge in [-0.2, -0.15) is 5.10 Å². The first-order chi connectivity index (χ1) is 13.5. The Hall–Kier alpha value is -2.86. The van der Waals surface area contributed by atoms with Crippen LogP contribution in [-0.2, 0) is 20.0 Å². The van der Waals surface area contributed by atoms with Crippen molar-refractivity contribution in [2.75, 3.05) is 5.32 Å². The van der Waals surface area contributed by atoms with Gasteiger partial charge in [-0.1, -0.05) is 25.1 Å². The number of halogens is 1. The molecule has 0 atom stereocenters. The Bertz CT molecular complexity index is 1160. The third-order valence-electron chi connectivity index (χ3n) is 5.51. The van der Waals surface area contributed by atoms with Gasteiger partial charge in [-0.25, -0.2) is 14.6 Å². The van der Waals surface area contributed by atoms with E-state index in [2.05, 4.69) is 71.0 Å². The molecule has 0 saturated heterocycles. The molecular formula is C22H27ClN6. The normalized spacial score (nSPS) is 10.9. The van der Waals surface area contributed by atoms with Gasteiger partial charge >= 0.3 is 0 Å². The predicted molar refractivity (Wildman–Crippen MR) is 120 cm³/mol. The van der Waals surface area contributed by atoms with Crippen LogP contribution in [0.15, 0.2) is 36.8 Å². The molecule has 29 heavy (non-hydrogen) atoms. The van der Waals surface area contributed by atoms with Gasteiger partial charge in [-0.3, -0.25) is 0 Å². The lowest BCUT2D eigenvalue weighted by Crippen LogP contribution is -2.07. The number of anilines is 1. The number of aryl methyl sites for hydroxylation is 5. The largest absolute Gasteiger partial charge is 0.378 e. The molecule has 0 saturated carbocycles. The zero-order chi connectivity index (χ0) is 19.8. The summed E-state index contributed by atoms with van der Waals surface area (Å²) >= 11 is 0. The van der Waals surface area contributed by atoms with Crippen molar-refractivity contribution in [2.45, 2.75) is 40.7 Å². The smallest absolute Gasteiger partial charge is 0.160 e. The second kappa shape index (κ2) is 8.25. The van der Waals surface area contributed by atoms with E-state index in [1.54, 1.807) is 11.0 Å². The molecule has 0 radical (unpaired) electrons. The molecule has 4 aromatic rings. The van der Waals surface area contributed by atoms with Gasteiger partial charge in [0.25, 0.3) is 0 Å². The number of aromatic nitrogens is 5. The Kier molecular flexibility index (Phi) is 5.94. The molecule has 3 aromatic heterocycles. The third kappa shape index (κ3) is 3.72. The van der Waals surface area contributed by atoms with E-state index in [1.165, 1.54) is 16.7 Å². The van der Waals surface area contributed by atoms with Crippen LogP contribution in [0.4, 0.5) is 5.69 Å². The van der Waals surface area contributed by atoms with Crippen molar-refractivity contribution in [1.82, 2.24) is 24.1 Å². The van der Waals surface area contributed by atoms with Crippen LogP contribution in [0.1, 0.15) is 35.0 Å². The van der Waals surface area contributed by atoms with Crippen LogP contribution >= 0.6 is 12.4 Å². The number of fused-ring (bicyclic) bond motifs is 1. The Morgan fingerprint density at radius 1 is 1.14 bits per heavy atom.